The lowest BCUT2D eigenvalue weighted by Gasteiger charge is -2.31. The van der Waals surface area contributed by atoms with Gasteiger partial charge < -0.3 is 26.6 Å². The summed E-state index contributed by atoms with van der Waals surface area (Å²) in [5.74, 6) is -0.149. The molecule has 1 fully saturated rings. The zero-order valence-electron chi connectivity index (χ0n) is 11.8. The molecule has 2 aliphatic rings. The number of hydrogen-bond acceptors (Lipinski definition) is 3. The van der Waals surface area contributed by atoms with Crippen LogP contribution in [0, 0.1) is 0 Å². The number of nitrogens with zero attached hydrogens (tertiary/aromatic N) is 2. The topological polar surface area (TPSA) is 33.4 Å². The lowest BCUT2D eigenvalue weighted by atomic mass is 10.00. The number of esters is 1. The minimum Gasteiger partial charge on any atom is -1.00 e. The highest BCUT2D eigenvalue weighted by atomic mass is 79.9. The summed E-state index contributed by atoms with van der Waals surface area (Å²) in [6.07, 6.45) is 6.87. The van der Waals surface area contributed by atoms with Gasteiger partial charge in [-0.1, -0.05) is 0 Å². The number of anilines is 1. The Morgan fingerprint density at radius 1 is 1.50 bits per heavy atom. The molecule has 20 heavy (non-hydrogen) atoms. The zero-order valence-corrected chi connectivity index (χ0v) is 13.4. The van der Waals surface area contributed by atoms with Crippen molar-refractivity contribution >= 4 is 11.7 Å². The molecule has 0 aromatic carbocycles. The maximum Gasteiger partial charge on any atom is 0.372 e. The second-order valence-corrected chi connectivity index (χ2v) is 5.30. The van der Waals surface area contributed by atoms with Crippen LogP contribution in [0.3, 0.4) is 0 Å². The van der Waals surface area contributed by atoms with E-state index in [1.165, 1.54) is 30.6 Å². The van der Waals surface area contributed by atoms with Crippen LogP contribution in [0.15, 0.2) is 18.3 Å². The minimum absolute atomic E-state index is 0. The molecule has 1 unspecified atom stereocenters. The third-order valence-electron chi connectivity index (χ3n) is 4.17. The molecule has 1 aromatic rings. The molecule has 2 aliphatic heterocycles. The normalized spacial score (nSPS) is 19.9. The highest BCUT2D eigenvalue weighted by Crippen LogP contribution is 2.34. The molecule has 1 saturated heterocycles. The molecule has 110 valence electrons. The average Bonchev–Trinajstić information content (AvgIpc) is 2.88. The van der Waals surface area contributed by atoms with Crippen molar-refractivity contribution in [2.75, 3.05) is 18.1 Å². The highest BCUT2D eigenvalue weighted by molar-refractivity contribution is 5.67. The van der Waals surface area contributed by atoms with E-state index in [-0.39, 0.29) is 23.0 Å². The van der Waals surface area contributed by atoms with Crippen molar-refractivity contribution in [3.63, 3.8) is 0 Å². The fraction of sp³-hybridized carbons (Fsp3) is 0.600. The number of carbonyl (C=O) groups is 1. The standard InChI is InChI=1S/C15H21N2O2.BrH/c1-2-19-15(18)11-16-9-4-6-14-13(16)8-7-12-5-3-10-17(12)14;/h4,6,9,12H,2-3,5,7-8,10-11H2,1H3;1H/q+1;/p-1. The van der Waals surface area contributed by atoms with Gasteiger partial charge in [0.15, 0.2) is 6.20 Å². The SMILES string of the molecule is CCOC(=O)C[n+]1cccc2c1CCC1CCCN21.[Br-]. The number of fused-ring (bicyclic) bond motifs is 3. The Bertz CT molecular complexity index is 493. The Morgan fingerprint density at radius 3 is 3.15 bits per heavy atom. The Morgan fingerprint density at radius 2 is 2.35 bits per heavy atom. The number of hydrogen-bond donors (Lipinski definition) is 0. The van der Waals surface area contributed by atoms with Crippen molar-refractivity contribution in [2.24, 2.45) is 0 Å². The molecule has 0 spiro atoms. The first-order valence-electron chi connectivity index (χ1n) is 7.23. The quantitative estimate of drug-likeness (QED) is 0.494. The maximum atomic E-state index is 11.7. The summed E-state index contributed by atoms with van der Waals surface area (Å²) >= 11 is 0. The van der Waals surface area contributed by atoms with Crippen molar-refractivity contribution in [3.05, 3.63) is 24.0 Å². The van der Waals surface area contributed by atoms with Crippen LogP contribution in [-0.4, -0.2) is 25.2 Å². The summed E-state index contributed by atoms with van der Waals surface area (Å²) in [5, 5.41) is 0. The van der Waals surface area contributed by atoms with Crippen molar-refractivity contribution in [1.29, 1.82) is 0 Å². The van der Waals surface area contributed by atoms with E-state index in [0.29, 0.717) is 19.2 Å². The van der Waals surface area contributed by atoms with E-state index >= 15 is 0 Å². The van der Waals surface area contributed by atoms with Gasteiger partial charge in [-0.25, -0.2) is 4.79 Å². The molecule has 5 heteroatoms. The van der Waals surface area contributed by atoms with E-state index in [4.69, 9.17) is 4.74 Å². The van der Waals surface area contributed by atoms with Crippen LogP contribution in [-0.2, 0) is 22.5 Å². The number of aromatic nitrogens is 1. The predicted molar refractivity (Wildman–Crippen MR) is 72.0 cm³/mol. The fourth-order valence-electron chi connectivity index (χ4n) is 3.35. The van der Waals surface area contributed by atoms with E-state index < -0.39 is 0 Å². The largest absolute Gasteiger partial charge is 1.00 e. The summed E-state index contributed by atoms with van der Waals surface area (Å²) in [5.41, 5.74) is 2.61. The number of carbonyl (C=O) groups excluding carboxylic acids is 1. The summed E-state index contributed by atoms with van der Waals surface area (Å²) in [6.45, 7) is 3.77. The van der Waals surface area contributed by atoms with Crippen molar-refractivity contribution in [1.82, 2.24) is 0 Å². The van der Waals surface area contributed by atoms with Gasteiger partial charge in [0, 0.05) is 25.1 Å². The van der Waals surface area contributed by atoms with Gasteiger partial charge in [0.1, 0.15) is 5.69 Å². The van der Waals surface area contributed by atoms with Crippen LogP contribution in [0.2, 0.25) is 0 Å². The summed E-state index contributed by atoms with van der Waals surface area (Å²) in [7, 11) is 0. The van der Waals surface area contributed by atoms with Crippen molar-refractivity contribution < 1.29 is 31.1 Å². The Hall–Kier alpha value is -1.10. The number of halogens is 1. The molecule has 0 bridgehead atoms. The minimum atomic E-state index is -0.149. The van der Waals surface area contributed by atoms with Gasteiger partial charge in [-0.05, 0) is 32.3 Å². The first-order chi connectivity index (χ1) is 9.29. The third-order valence-corrected chi connectivity index (χ3v) is 4.17. The first-order valence-corrected chi connectivity index (χ1v) is 7.23. The third kappa shape index (κ3) is 2.82. The molecule has 0 amide bonds. The number of rotatable bonds is 3. The van der Waals surface area contributed by atoms with Gasteiger partial charge in [-0.15, -0.1) is 0 Å². The van der Waals surface area contributed by atoms with Gasteiger partial charge in [-0.2, -0.15) is 4.57 Å². The second kappa shape index (κ2) is 6.57. The lowest BCUT2D eigenvalue weighted by molar-refractivity contribution is -0.693. The van der Waals surface area contributed by atoms with Gasteiger partial charge in [0.05, 0.1) is 6.61 Å². The zero-order chi connectivity index (χ0) is 13.2. The molecule has 0 saturated carbocycles. The second-order valence-electron chi connectivity index (χ2n) is 5.30. The molecule has 0 aliphatic carbocycles. The van der Waals surface area contributed by atoms with Crippen LogP contribution in [0.1, 0.15) is 31.9 Å². The molecule has 0 N–H and O–H groups in total. The predicted octanol–water partition coefficient (Wildman–Crippen LogP) is -1.54. The van der Waals surface area contributed by atoms with Crippen LogP contribution >= 0.6 is 0 Å². The fourth-order valence-corrected chi connectivity index (χ4v) is 3.35. The van der Waals surface area contributed by atoms with E-state index in [1.54, 1.807) is 0 Å². The Balaban J connectivity index is 0.00000147. The van der Waals surface area contributed by atoms with Gasteiger partial charge in [0.25, 0.3) is 0 Å². The highest BCUT2D eigenvalue weighted by Gasteiger charge is 2.34. The molecule has 1 atom stereocenters. The molecule has 1 aromatic heterocycles. The Labute approximate surface area is 130 Å². The number of pyridine rings is 1. The summed E-state index contributed by atoms with van der Waals surface area (Å²) in [4.78, 5) is 14.2. The summed E-state index contributed by atoms with van der Waals surface area (Å²) < 4.78 is 7.11. The van der Waals surface area contributed by atoms with Crippen LogP contribution in [0.25, 0.3) is 0 Å². The van der Waals surface area contributed by atoms with Crippen LogP contribution in [0.4, 0.5) is 5.69 Å². The smallest absolute Gasteiger partial charge is 0.372 e. The first kappa shape index (κ1) is 15.3. The summed E-state index contributed by atoms with van der Waals surface area (Å²) in [6, 6.07) is 4.94. The molecule has 0 radical (unpaired) electrons. The molecule has 3 heterocycles. The van der Waals surface area contributed by atoms with E-state index in [9.17, 15) is 4.79 Å². The Kier molecular flexibility index (Phi) is 5.02. The van der Waals surface area contributed by atoms with E-state index in [0.717, 1.165) is 13.0 Å². The van der Waals surface area contributed by atoms with Gasteiger partial charge in [-0.3, -0.25) is 0 Å². The number of ether oxygens (including phenoxy) is 1. The molecular weight excluding hydrogens is 320 g/mol. The van der Waals surface area contributed by atoms with Gasteiger partial charge >= 0.3 is 5.97 Å². The maximum absolute atomic E-state index is 11.7. The lowest BCUT2D eigenvalue weighted by Crippen LogP contribution is -3.00. The molecule has 4 nitrogen and oxygen atoms in total. The van der Waals surface area contributed by atoms with E-state index in [2.05, 4.69) is 15.5 Å². The van der Waals surface area contributed by atoms with Crippen molar-refractivity contribution in [3.8, 4) is 0 Å². The van der Waals surface area contributed by atoms with E-state index in [1.807, 2.05) is 19.2 Å². The van der Waals surface area contributed by atoms with Crippen molar-refractivity contribution in [2.45, 2.75) is 45.2 Å². The van der Waals surface area contributed by atoms with Crippen LogP contribution in [0.5, 0.6) is 0 Å². The monoisotopic (exact) mass is 340 g/mol. The van der Waals surface area contributed by atoms with Gasteiger partial charge in [0.2, 0.25) is 12.2 Å². The average molecular weight is 341 g/mol. The van der Waals surface area contributed by atoms with Crippen LogP contribution < -0.4 is 26.4 Å². The molecular formula is C15H21BrN2O2. The molecule has 3 rings (SSSR count).